The number of hydrogen-bond acceptors (Lipinski definition) is 4. The largest absolute Gasteiger partial charge is 0.312 e. The zero-order valence-corrected chi connectivity index (χ0v) is 11.5. The minimum atomic E-state index is 0.678. The molecule has 1 saturated heterocycles. The summed E-state index contributed by atoms with van der Waals surface area (Å²) in [6.45, 7) is 10.2. The van der Waals surface area contributed by atoms with E-state index in [4.69, 9.17) is 0 Å². The lowest BCUT2D eigenvalue weighted by Crippen LogP contribution is -2.44. The van der Waals surface area contributed by atoms with E-state index < -0.39 is 0 Å². The first-order chi connectivity index (χ1) is 8.74. The third-order valence-corrected chi connectivity index (χ3v) is 3.46. The molecule has 0 spiro atoms. The molecule has 0 radical (unpaired) electrons. The SMILES string of the molecule is CC(C)CN1CCC(NCCn2ccnn2)CC1. The summed E-state index contributed by atoms with van der Waals surface area (Å²) in [5.74, 6) is 0.779. The van der Waals surface area contributed by atoms with E-state index in [0.717, 1.165) is 19.0 Å². The quantitative estimate of drug-likeness (QED) is 0.819. The highest BCUT2D eigenvalue weighted by atomic mass is 15.4. The van der Waals surface area contributed by atoms with Crippen molar-refractivity contribution in [2.75, 3.05) is 26.2 Å². The molecule has 5 heteroatoms. The molecule has 5 nitrogen and oxygen atoms in total. The molecule has 102 valence electrons. The predicted molar refractivity (Wildman–Crippen MR) is 72.3 cm³/mol. The van der Waals surface area contributed by atoms with Gasteiger partial charge in [0.15, 0.2) is 0 Å². The average molecular weight is 251 g/mol. The maximum absolute atomic E-state index is 3.96. The minimum absolute atomic E-state index is 0.678. The Labute approximate surface area is 110 Å². The first-order valence-electron chi connectivity index (χ1n) is 7.04. The summed E-state index contributed by atoms with van der Waals surface area (Å²) < 4.78 is 1.88. The second-order valence-corrected chi connectivity index (χ2v) is 5.59. The van der Waals surface area contributed by atoms with Crippen molar-refractivity contribution in [2.24, 2.45) is 5.92 Å². The first kappa shape index (κ1) is 13.5. The smallest absolute Gasteiger partial charge is 0.0692 e. The Morgan fingerprint density at radius 3 is 2.72 bits per heavy atom. The van der Waals surface area contributed by atoms with Crippen LogP contribution in [0.2, 0.25) is 0 Å². The van der Waals surface area contributed by atoms with E-state index in [-0.39, 0.29) is 0 Å². The van der Waals surface area contributed by atoms with Crippen LogP contribution in [-0.4, -0.2) is 52.1 Å². The van der Waals surface area contributed by atoms with Crippen LogP contribution in [0.1, 0.15) is 26.7 Å². The molecule has 1 aliphatic rings. The van der Waals surface area contributed by atoms with Crippen LogP contribution >= 0.6 is 0 Å². The summed E-state index contributed by atoms with van der Waals surface area (Å²) in [6.07, 6.45) is 6.17. The van der Waals surface area contributed by atoms with Crippen molar-refractivity contribution in [2.45, 2.75) is 39.3 Å². The van der Waals surface area contributed by atoms with Gasteiger partial charge < -0.3 is 10.2 Å². The number of aromatic nitrogens is 3. The van der Waals surface area contributed by atoms with E-state index in [0.29, 0.717) is 6.04 Å². The second kappa shape index (κ2) is 6.85. The summed E-state index contributed by atoms with van der Waals surface area (Å²) >= 11 is 0. The molecule has 2 rings (SSSR count). The van der Waals surface area contributed by atoms with Gasteiger partial charge >= 0.3 is 0 Å². The van der Waals surface area contributed by atoms with Gasteiger partial charge in [-0.1, -0.05) is 19.1 Å². The maximum Gasteiger partial charge on any atom is 0.0692 e. The van der Waals surface area contributed by atoms with E-state index in [1.807, 2.05) is 10.9 Å². The van der Waals surface area contributed by atoms with Crippen molar-refractivity contribution in [3.05, 3.63) is 12.4 Å². The Balaban J connectivity index is 1.59. The molecule has 1 aromatic heterocycles. The van der Waals surface area contributed by atoms with Gasteiger partial charge in [0.25, 0.3) is 0 Å². The molecule has 0 bridgehead atoms. The van der Waals surface area contributed by atoms with Gasteiger partial charge in [0.2, 0.25) is 0 Å². The molecule has 0 unspecified atom stereocenters. The summed E-state index contributed by atoms with van der Waals surface area (Å²) in [7, 11) is 0. The van der Waals surface area contributed by atoms with Gasteiger partial charge in [0.1, 0.15) is 0 Å². The zero-order chi connectivity index (χ0) is 12.8. The van der Waals surface area contributed by atoms with Gasteiger partial charge in [0, 0.05) is 25.3 Å². The molecule has 1 aliphatic heterocycles. The molecular formula is C13H25N5. The van der Waals surface area contributed by atoms with Crippen LogP contribution in [0, 0.1) is 5.92 Å². The maximum atomic E-state index is 3.96. The molecule has 1 fully saturated rings. The third-order valence-electron chi connectivity index (χ3n) is 3.46. The van der Waals surface area contributed by atoms with Crippen LogP contribution in [0.15, 0.2) is 12.4 Å². The Kier molecular flexibility index (Phi) is 5.13. The summed E-state index contributed by atoms with van der Waals surface area (Å²) in [5, 5.41) is 11.4. The van der Waals surface area contributed by atoms with Gasteiger partial charge in [0.05, 0.1) is 12.7 Å². The minimum Gasteiger partial charge on any atom is -0.312 e. The van der Waals surface area contributed by atoms with Gasteiger partial charge in [-0.2, -0.15) is 0 Å². The summed E-state index contributed by atoms with van der Waals surface area (Å²) in [4.78, 5) is 2.58. The standard InChI is InChI=1S/C13H25N5/c1-12(2)11-17-7-3-13(4-8-17)14-5-9-18-10-6-15-16-18/h6,10,12-14H,3-5,7-9,11H2,1-2H3. The monoisotopic (exact) mass is 251 g/mol. The zero-order valence-electron chi connectivity index (χ0n) is 11.5. The Morgan fingerprint density at radius 1 is 1.33 bits per heavy atom. The fraction of sp³-hybridized carbons (Fsp3) is 0.846. The molecule has 0 atom stereocenters. The number of nitrogens with zero attached hydrogens (tertiary/aromatic N) is 4. The Hall–Kier alpha value is -0.940. The van der Waals surface area contributed by atoms with Gasteiger partial charge in [-0.3, -0.25) is 4.68 Å². The highest BCUT2D eigenvalue weighted by molar-refractivity contribution is 4.77. The predicted octanol–water partition coefficient (Wildman–Crippen LogP) is 0.988. The molecule has 1 aromatic rings. The van der Waals surface area contributed by atoms with Crippen LogP contribution in [0.3, 0.4) is 0 Å². The van der Waals surface area contributed by atoms with E-state index >= 15 is 0 Å². The molecule has 0 aromatic carbocycles. The van der Waals surface area contributed by atoms with E-state index in [1.54, 1.807) is 6.20 Å². The summed E-state index contributed by atoms with van der Waals surface area (Å²) in [5.41, 5.74) is 0. The summed E-state index contributed by atoms with van der Waals surface area (Å²) in [6, 6.07) is 0.678. The van der Waals surface area contributed by atoms with Crippen LogP contribution in [0.5, 0.6) is 0 Å². The van der Waals surface area contributed by atoms with Crippen molar-refractivity contribution >= 4 is 0 Å². The lowest BCUT2D eigenvalue weighted by molar-refractivity contribution is 0.179. The van der Waals surface area contributed by atoms with Gasteiger partial charge in [-0.25, -0.2) is 0 Å². The third kappa shape index (κ3) is 4.38. The first-order valence-corrected chi connectivity index (χ1v) is 7.04. The second-order valence-electron chi connectivity index (χ2n) is 5.59. The van der Waals surface area contributed by atoms with Gasteiger partial charge in [-0.05, 0) is 31.8 Å². The van der Waals surface area contributed by atoms with E-state index in [2.05, 4.69) is 34.4 Å². The molecule has 1 N–H and O–H groups in total. The van der Waals surface area contributed by atoms with E-state index in [9.17, 15) is 0 Å². The molecule has 0 saturated carbocycles. The van der Waals surface area contributed by atoms with Crippen LogP contribution in [0.4, 0.5) is 0 Å². The molecule has 2 heterocycles. The molecule has 0 amide bonds. The average Bonchev–Trinajstić information content (AvgIpc) is 2.84. The molecule has 18 heavy (non-hydrogen) atoms. The van der Waals surface area contributed by atoms with Crippen molar-refractivity contribution < 1.29 is 0 Å². The lowest BCUT2D eigenvalue weighted by atomic mass is 10.0. The number of likely N-dealkylation sites (tertiary alicyclic amines) is 1. The van der Waals surface area contributed by atoms with Crippen LogP contribution in [0.25, 0.3) is 0 Å². The normalized spacial score (nSPS) is 18.6. The van der Waals surface area contributed by atoms with Crippen molar-refractivity contribution in [1.82, 2.24) is 25.2 Å². The number of piperidine rings is 1. The molecule has 0 aliphatic carbocycles. The lowest BCUT2D eigenvalue weighted by Gasteiger charge is -2.33. The molecular weight excluding hydrogens is 226 g/mol. The van der Waals surface area contributed by atoms with Crippen molar-refractivity contribution in [3.63, 3.8) is 0 Å². The highest BCUT2D eigenvalue weighted by Gasteiger charge is 2.18. The Bertz CT molecular complexity index is 314. The number of nitrogens with one attached hydrogen (secondary N) is 1. The number of hydrogen-bond donors (Lipinski definition) is 1. The van der Waals surface area contributed by atoms with Crippen LogP contribution in [-0.2, 0) is 6.54 Å². The Morgan fingerprint density at radius 2 is 2.11 bits per heavy atom. The van der Waals surface area contributed by atoms with Crippen molar-refractivity contribution in [3.8, 4) is 0 Å². The van der Waals surface area contributed by atoms with E-state index in [1.165, 1.54) is 32.5 Å². The number of rotatable bonds is 6. The van der Waals surface area contributed by atoms with Crippen LogP contribution < -0.4 is 5.32 Å². The highest BCUT2D eigenvalue weighted by Crippen LogP contribution is 2.11. The van der Waals surface area contributed by atoms with Gasteiger partial charge in [-0.15, -0.1) is 5.10 Å². The topological polar surface area (TPSA) is 46.0 Å². The fourth-order valence-electron chi connectivity index (χ4n) is 2.57. The fourth-order valence-corrected chi connectivity index (χ4v) is 2.57. The van der Waals surface area contributed by atoms with Crippen molar-refractivity contribution in [1.29, 1.82) is 0 Å².